The first-order chi connectivity index (χ1) is 8.56. The fourth-order valence-electron chi connectivity index (χ4n) is 1.39. The molecule has 5 nitrogen and oxygen atoms in total. The van der Waals surface area contributed by atoms with Crippen molar-refractivity contribution < 1.29 is 8.42 Å². The van der Waals surface area contributed by atoms with Crippen molar-refractivity contribution in [2.75, 3.05) is 32.1 Å². The number of rotatable bonds is 7. The van der Waals surface area contributed by atoms with E-state index in [1.807, 2.05) is 0 Å². The summed E-state index contributed by atoms with van der Waals surface area (Å²) in [5.74, 6) is 1.54. The van der Waals surface area contributed by atoms with Gasteiger partial charge in [-0.2, -0.15) is 0 Å². The van der Waals surface area contributed by atoms with E-state index < -0.39 is 9.84 Å². The van der Waals surface area contributed by atoms with E-state index in [2.05, 4.69) is 43.3 Å². The first-order valence-electron chi connectivity index (χ1n) is 6.68. The summed E-state index contributed by atoms with van der Waals surface area (Å²) in [4.78, 5) is 4.15. The Morgan fingerprint density at radius 1 is 1.26 bits per heavy atom. The SMILES string of the molecule is CN=C(NCC(C)C)NCC(C)(C)CCS(C)(=O)=O. The van der Waals surface area contributed by atoms with Gasteiger partial charge >= 0.3 is 0 Å². The lowest BCUT2D eigenvalue weighted by Gasteiger charge is -2.26. The van der Waals surface area contributed by atoms with Crippen LogP contribution in [0.3, 0.4) is 0 Å². The highest BCUT2D eigenvalue weighted by Crippen LogP contribution is 2.19. The van der Waals surface area contributed by atoms with E-state index in [4.69, 9.17) is 0 Å². The van der Waals surface area contributed by atoms with Crippen LogP contribution in [0.15, 0.2) is 4.99 Å². The topological polar surface area (TPSA) is 70.6 Å². The van der Waals surface area contributed by atoms with Crippen LogP contribution in [-0.4, -0.2) is 46.5 Å². The molecule has 0 aliphatic rings. The molecule has 0 rings (SSSR count). The van der Waals surface area contributed by atoms with Gasteiger partial charge in [0.05, 0.1) is 5.75 Å². The quantitative estimate of drug-likeness (QED) is 0.547. The number of hydrogen-bond acceptors (Lipinski definition) is 3. The molecule has 0 aliphatic heterocycles. The van der Waals surface area contributed by atoms with Gasteiger partial charge in [-0.15, -0.1) is 0 Å². The van der Waals surface area contributed by atoms with Crippen molar-refractivity contribution in [1.29, 1.82) is 0 Å². The Morgan fingerprint density at radius 3 is 2.26 bits per heavy atom. The molecule has 0 aromatic heterocycles. The van der Waals surface area contributed by atoms with Crippen LogP contribution in [0.1, 0.15) is 34.1 Å². The molecule has 0 saturated carbocycles. The molecule has 0 fully saturated rings. The minimum Gasteiger partial charge on any atom is -0.356 e. The largest absolute Gasteiger partial charge is 0.356 e. The zero-order chi connectivity index (χ0) is 15.1. The molecule has 114 valence electrons. The van der Waals surface area contributed by atoms with Gasteiger partial charge in [-0.25, -0.2) is 8.42 Å². The fraction of sp³-hybridized carbons (Fsp3) is 0.923. The maximum Gasteiger partial charge on any atom is 0.191 e. The van der Waals surface area contributed by atoms with E-state index in [1.54, 1.807) is 7.05 Å². The van der Waals surface area contributed by atoms with E-state index in [9.17, 15) is 8.42 Å². The Balaban J connectivity index is 4.20. The summed E-state index contributed by atoms with van der Waals surface area (Å²) in [6, 6.07) is 0. The third kappa shape index (κ3) is 10.8. The molecule has 0 atom stereocenters. The first kappa shape index (κ1) is 18.2. The Kier molecular flexibility index (Phi) is 7.41. The molecule has 0 aliphatic carbocycles. The van der Waals surface area contributed by atoms with E-state index in [0.29, 0.717) is 18.9 Å². The van der Waals surface area contributed by atoms with Crippen molar-refractivity contribution in [2.45, 2.75) is 34.1 Å². The first-order valence-corrected chi connectivity index (χ1v) is 8.74. The van der Waals surface area contributed by atoms with Gasteiger partial charge in [-0.1, -0.05) is 27.7 Å². The Bertz CT molecular complexity index is 387. The Hall–Kier alpha value is -0.780. The summed E-state index contributed by atoms with van der Waals surface area (Å²) in [7, 11) is -1.16. The van der Waals surface area contributed by atoms with Gasteiger partial charge in [0.1, 0.15) is 9.84 Å². The van der Waals surface area contributed by atoms with E-state index in [-0.39, 0.29) is 11.2 Å². The third-order valence-corrected chi connectivity index (χ3v) is 3.73. The van der Waals surface area contributed by atoms with Gasteiger partial charge in [0.25, 0.3) is 0 Å². The van der Waals surface area contributed by atoms with Gasteiger partial charge < -0.3 is 10.6 Å². The highest BCUT2D eigenvalue weighted by atomic mass is 32.2. The molecule has 0 bridgehead atoms. The highest BCUT2D eigenvalue weighted by molar-refractivity contribution is 7.90. The van der Waals surface area contributed by atoms with Gasteiger partial charge in [-0.3, -0.25) is 4.99 Å². The number of nitrogens with zero attached hydrogens (tertiary/aromatic N) is 1. The predicted octanol–water partition coefficient (Wildman–Crippen LogP) is 1.27. The average Bonchev–Trinajstić information content (AvgIpc) is 2.26. The molecule has 0 amide bonds. The van der Waals surface area contributed by atoms with Crippen LogP contribution in [0.4, 0.5) is 0 Å². The van der Waals surface area contributed by atoms with E-state index in [0.717, 1.165) is 12.5 Å². The standard InChI is InChI=1S/C13H29N3O2S/c1-11(2)9-15-12(14-5)16-10-13(3,4)7-8-19(6,17)18/h11H,7-10H2,1-6H3,(H2,14,15,16). The summed E-state index contributed by atoms with van der Waals surface area (Å²) in [5, 5.41) is 6.48. The summed E-state index contributed by atoms with van der Waals surface area (Å²) >= 11 is 0. The second kappa shape index (κ2) is 7.72. The zero-order valence-corrected chi connectivity index (χ0v) is 13.9. The average molecular weight is 291 g/mol. The van der Waals surface area contributed by atoms with Gasteiger partial charge in [-0.05, 0) is 17.8 Å². The number of guanidine groups is 1. The minimum atomic E-state index is -2.90. The van der Waals surface area contributed by atoms with Crippen molar-refractivity contribution in [3.63, 3.8) is 0 Å². The molecule has 0 aromatic carbocycles. The number of aliphatic imine (C=N–C) groups is 1. The summed E-state index contributed by atoms with van der Waals surface area (Å²) in [6.45, 7) is 9.94. The molecule has 0 heterocycles. The van der Waals surface area contributed by atoms with Gasteiger partial charge in [0.2, 0.25) is 0 Å². The molecule has 0 radical (unpaired) electrons. The lowest BCUT2D eigenvalue weighted by Crippen LogP contribution is -2.43. The summed E-state index contributed by atoms with van der Waals surface area (Å²) in [5.41, 5.74) is -0.0848. The zero-order valence-electron chi connectivity index (χ0n) is 13.1. The van der Waals surface area contributed by atoms with Crippen LogP contribution < -0.4 is 10.6 Å². The maximum absolute atomic E-state index is 11.2. The second-order valence-corrected chi connectivity index (χ2v) is 8.50. The molecule has 0 spiro atoms. The molecule has 0 saturated heterocycles. The van der Waals surface area contributed by atoms with E-state index in [1.165, 1.54) is 6.26 Å². The maximum atomic E-state index is 11.2. The molecule has 6 heteroatoms. The molecule has 2 N–H and O–H groups in total. The monoisotopic (exact) mass is 291 g/mol. The molecule has 0 unspecified atom stereocenters. The Morgan fingerprint density at radius 2 is 1.84 bits per heavy atom. The van der Waals surface area contributed by atoms with Crippen molar-refractivity contribution in [3.05, 3.63) is 0 Å². The third-order valence-electron chi connectivity index (χ3n) is 2.79. The highest BCUT2D eigenvalue weighted by Gasteiger charge is 2.20. The molecule has 19 heavy (non-hydrogen) atoms. The predicted molar refractivity (Wildman–Crippen MR) is 82.3 cm³/mol. The number of hydrogen-bond donors (Lipinski definition) is 2. The summed E-state index contributed by atoms with van der Waals surface area (Å²) in [6.07, 6.45) is 1.92. The van der Waals surface area contributed by atoms with Crippen molar-refractivity contribution in [1.82, 2.24) is 10.6 Å². The van der Waals surface area contributed by atoms with Crippen LogP contribution >= 0.6 is 0 Å². The number of nitrogens with one attached hydrogen (secondary N) is 2. The second-order valence-electron chi connectivity index (χ2n) is 6.24. The lowest BCUT2D eigenvalue weighted by molar-refractivity contribution is 0.348. The van der Waals surface area contributed by atoms with Gasteiger partial charge in [0.15, 0.2) is 5.96 Å². The van der Waals surface area contributed by atoms with Crippen LogP contribution in [0, 0.1) is 11.3 Å². The van der Waals surface area contributed by atoms with Crippen LogP contribution in [0.5, 0.6) is 0 Å². The van der Waals surface area contributed by atoms with Crippen LogP contribution in [-0.2, 0) is 9.84 Å². The number of sulfone groups is 1. The molecular formula is C13H29N3O2S. The van der Waals surface area contributed by atoms with Gasteiger partial charge in [0, 0.05) is 26.4 Å². The summed E-state index contributed by atoms with van der Waals surface area (Å²) < 4.78 is 22.4. The van der Waals surface area contributed by atoms with Crippen LogP contribution in [0.25, 0.3) is 0 Å². The lowest BCUT2D eigenvalue weighted by atomic mass is 9.90. The minimum absolute atomic E-state index is 0.0848. The van der Waals surface area contributed by atoms with E-state index >= 15 is 0 Å². The Labute approximate surface area is 118 Å². The van der Waals surface area contributed by atoms with Crippen molar-refractivity contribution >= 4 is 15.8 Å². The molecule has 0 aromatic rings. The fourth-order valence-corrected chi connectivity index (χ4v) is 2.32. The smallest absolute Gasteiger partial charge is 0.191 e. The van der Waals surface area contributed by atoms with Crippen molar-refractivity contribution in [3.8, 4) is 0 Å². The normalized spacial score (nSPS) is 13.7. The van der Waals surface area contributed by atoms with Crippen molar-refractivity contribution in [2.24, 2.45) is 16.3 Å². The van der Waals surface area contributed by atoms with Crippen LogP contribution in [0.2, 0.25) is 0 Å². The molecular weight excluding hydrogens is 262 g/mol.